The van der Waals surface area contributed by atoms with Gasteiger partial charge >= 0.3 is 12.2 Å². The number of hydrogen-bond acceptors (Lipinski definition) is 15. The number of carboxylic acid groups (broad SMARTS) is 1. The number of carbonyl (C=O) groups is 6. The lowest BCUT2D eigenvalue weighted by atomic mass is 9.81. The van der Waals surface area contributed by atoms with Crippen LogP contribution in [0.15, 0.2) is 125 Å². The summed E-state index contributed by atoms with van der Waals surface area (Å²) >= 11 is 3.44. The standard InChI is InChI=1S/C34H40N8O6S.C29H36BrN7O4/c1-21-4-17-28(49(47,48)42(2)3)19-29(21)24-9-5-22(6-10-24)18-30(37-32(43)26-11-7-23(8-12-26)20-35-34(45)46)33(44)36-27-15-13-25(14-16-27)31-38-40-41-39-31;1-29(2,3)41-28(40)32-17-19-4-8-21(9-5-19)27(39)37(23-14-10-20(11-15-23)26-33-35-36-34-26)24(25(31)38)16-18-6-12-22(30)13-7-18/h4-6,9-10,13-17,19,23,26,30,35H,7-8,11-12,18,20H2,1-3H3,(H,36,44)(H,37,43)(H,45,46)(H,38,39,40,41);6-7,10-15,19,21,24H,4-5,8-9,16-17H2,1-3H3,(H2,31,38)(H,32,40)(H,33,34,35,36)/t23?,26?,30-;19?,21?,24-/m00/s1. The molecule has 25 nitrogen and oxygen atoms in total. The number of benzene rings is 5. The molecule has 0 radical (unpaired) electrons. The van der Waals surface area contributed by atoms with Gasteiger partial charge in [-0.25, -0.2) is 22.3 Å². The fraction of sp³-hybridized carbons (Fsp3) is 0.397. The number of alkyl carbamates (subject to hydrolysis) is 1. The van der Waals surface area contributed by atoms with Crippen molar-refractivity contribution >= 4 is 73.1 Å². The van der Waals surface area contributed by atoms with E-state index in [1.165, 1.54) is 18.4 Å². The topological polar surface area (TPSA) is 356 Å². The molecule has 5 aromatic carbocycles. The second-order valence-corrected chi connectivity index (χ2v) is 26.8. The molecule has 90 heavy (non-hydrogen) atoms. The average molecular weight is 1320 g/mol. The Kier molecular flexibility index (Phi) is 22.7. The van der Waals surface area contributed by atoms with Crippen LogP contribution >= 0.6 is 15.9 Å². The molecular formula is C63H76BrN15O10S. The molecule has 2 saturated carbocycles. The number of aryl methyl sites for hydroxylation is 1. The summed E-state index contributed by atoms with van der Waals surface area (Å²) in [5, 5.41) is 48.0. The lowest BCUT2D eigenvalue weighted by molar-refractivity contribution is -0.130. The van der Waals surface area contributed by atoms with Crippen molar-refractivity contribution in [2.24, 2.45) is 29.4 Å². The van der Waals surface area contributed by atoms with Crippen molar-refractivity contribution in [2.75, 3.05) is 37.4 Å². The van der Waals surface area contributed by atoms with Crippen LogP contribution in [-0.2, 0) is 46.8 Å². The first kappa shape index (κ1) is 67.0. The van der Waals surface area contributed by atoms with Crippen LogP contribution in [0.25, 0.3) is 33.9 Å². The number of anilines is 2. The van der Waals surface area contributed by atoms with E-state index in [4.69, 9.17) is 15.6 Å². The van der Waals surface area contributed by atoms with E-state index < -0.39 is 45.8 Å². The molecule has 9 rings (SSSR count). The van der Waals surface area contributed by atoms with Crippen LogP contribution in [-0.4, -0.2) is 140 Å². The number of H-pyrrole nitrogens is 2. The van der Waals surface area contributed by atoms with Crippen LogP contribution in [0.5, 0.6) is 0 Å². The molecular weight excluding hydrogens is 1240 g/mol. The minimum absolute atomic E-state index is 0.142. The van der Waals surface area contributed by atoms with Gasteiger partial charge in [0.2, 0.25) is 45.3 Å². The highest BCUT2D eigenvalue weighted by molar-refractivity contribution is 9.10. The third-order valence-electron chi connectivity index (χ3n) is 15.9. The van der Waals surface area contributed by atoms with Gasteiger partial charge in [0.25, 0.3) is 0 Å². The Morgan fingerprint density at radius 2 is 1.22 bits per heavy atom. The summed E-state index contributed by atoms with van der Waals surface area (Å²) in [5.41, 5.74) is 12.1. The highest BCUT2D eigenvalue weighted by Gasteiger charge is 2.37. The van der Waals surface area contributed by atoms with Gasteiger partial charge in [0.15, 0.2) is 0 Å². The number of nitrogens with zero attached hydrogens (tertiary/aromatic N) is 8. The third kappa shape index (κ3) is 18.6. The Bertz CT molecular complexity index is 3670. The molecule has 2 aliphatic carbocycles. The molecule has 2 atom stereocenters. The number of nitrogens with one attached hydrogen (secondary N) is 6. The fourth-order valence-corrected chi connectivity index (χ4v) is 12.1. The molecule has 0 bridgehead atoms. The number of aromatic nitrogens is 8. The monoisotopic (exact) mass is 1310 g/mol. The number of hydrogen-bond donors (Lipinski definition) is 8. The van der Waals surface area contributed by atoms with E-state index in [1.807, 2.05) is 76.2 Å². The van der Waals surface area contributed by atoms with Crippen molar-refractivity contribution in [2.45, 2.75) is 114 Å². The molecule has 27 heteroatoms. The maximum atomic E-state index is 14.1. The van der Waals surface area contributed by atoms with E-state index >= 15 is 0 Å². The molecule has 7 aromatic rings. The second kappa shape index (κ2) is 30.5. The average Bonchev–Trinajstić information content (AvgIpc) is 0.971. The Labute approximate surface area is 530 Å². The van der Waals surface area contributed by atoms with Crippen molar-refractivity contribution in [3.05, 3.63) is 136 Å². The van der Waals surface area contributed by atoms with Gasteiger partial charge in [-0.2, -0.15) is 10.4 Å². The number of amides is 6. The predicted octanol–water partition coefficient (Wildman–Crippen LogP) is 8.22. The number of aromatic amines is 2. The van der Waals surface area contributed by atoms with Crippen molar-refractivity contribution in [3.63, 3.8) is 0 Å². The smallest absolute Gasteiger partial charge is 0.407 e. The van der Waals surface area contributed by atoms with E-state index in [2.05, 4.69) is 78.4 Å². The summed E-state index contributed by atoms with van der Waals surface area (Å²) < 4.78 is 32.9. The van der Waals surface area contributed by atoms with Gasteiger partial charge in [-0.3, -0.25) is 24.1 Å². The first-order valence-electron chi connectivity index (χ1n) is 29.6. The Balaban J connectivity index is 0.000000236. The number of rotatable bonds is 21. The summed E-state index contributed by atoms with van der Waals surface area (Å²) in [6.45, 7) is 8.23. The Morgan fingerprint density at radius 1 is 0.700 bits per heavy atom. The summed E-state index contributed by atoms with van der Waals surface area (Å²) in [5.74, 6) is -0.654. The maximum absolute atomic E-state index is 14.1. The summed E-state index contributed by atoms with van der Waals surface area (Å²) in [7, 11) is -0.634. The van der Waals surface area contributed by atoms with E-state index in [0.29, 0.717) is 80.2 Å². The number of sulfonamides is 1. The zero-order chi connectivity index (χ0) is 64.7. The summed E-state index contributed by atoms with van der Waals surface area (Å²) in [4.78, 5) is 78.8. The molecule has 0 saturated heterocycles. The minimum atomic E-state index is -3.62. The molecule has 2 aliphatic rings. The van der Waals surface area contributed by atoms with Gasteiger partial charge in [0, 0.05) is 78.8 Å². The Hall–Kier alpha value is -8.95. The highest BCUT2D eigenvalue weighted by atomic mass is 79.9. The first-order chi connectivity index (χ1) is 42.9. The summed E-state index contributed by atoms with van der Waals surface area (Å²) in [6.07, 6.45) is 4.41. The predicted molar refractivity (Wildman–Crippen MR) is 340 cm³/mol. The van der Waals surface area contributed by atoms with E-state index in [-0.39, 0.29) is 59.1 Å². The van der Waals surface area contributed by atoms with E-state index in [1.54, 1.807) is 71.6 Å². The number of primary amides is 1. The number of halogens is 1. The lowest BCUT2D eigenvalue weighted by Crippen LogP contribution is -2.52. The molecule has 0 unspecified atom stereocenters. The van der Waals surface area contributed by atoms with Gasteiger partial charge in [0.1, 0.15) is 17.7 Å². The number of nitrogens with two attached hydrogens (primary N) is 1. The first-order valence-corrected chi connectivity index (χ1v) is 31.9. The highest BCUT2D eigenvalue weighted by Crippen LogP contribution is 2.35. The maximum Gasteiger partial charge on any atom is 0.407 e. The van der Waals surface area contributed by atoms with Crippen LogP contribution < -0.4 is 31.9 Å². The molecule has 2 aromatic heterocycles. The van der Waals surface area contributed by atoms with Gasteiger partial charge in [-0.05, 0) is 202 Å². The summed E-state index contributed by atoms with van der Waals surface area (Å²) in [6, 6.07) is 32.4. The molecule has 476 valence electrons. The van der Waals surface area contributed by atoms with Crippen molar-refractivity contribution < 1.29 is 47.0 Å². The van der Waals surface area contributed by atoms with Crippen molar-refractivity contribution in [1.82, 2.24) is 61.5 Å². The van der Waals surface area contributed by atoms with Gasteiger partial charge < -0.3 is 36.8 Å². The van der Waals surface area contributed by atoms with Crippen molar-refractivity contribution in [3.8, 4) is 33.9 Å². The molecule has 0 spiro atoms. The number of ether oxygens (including phenoxy) is 1. The van der Waals surface area contributed by atoms with Crippen LogP contribution in [0, 0.1) is 30.6 Å². The zero-order valence-corrected chi connectivity index (χ0v) is 53.4. The normalized spacial score (nSPS) is 17.3. The fourth-order valence-electron chi connectivity index (χ4n) is 10.9. The zero-order valence-electron chi connectivity index (χ0n) is 51.0. The third-order valence-corrected chi connectivity index (χ3v) is 18.3. The second-order valence-electron chi connectivity index (χ2n) is 23.8. The molecule has 6 amide bonds. The van der Waals surface area contributed by atoms with Crippen LogP contribution in [0.1, 0.15) is 88.8 Å². The SMILES string of the molecule is CC(C)(C)OC(=O)NCC1CCC(C(=O)N(c2ccc(-c3nn[nH]n3)cc2)[C@@H](Cc2ccc(Br)cc2)C(N)=O)CC1.Cc1ccc(S(=O)(=O)N(C)C)cc1-c1ccc(C[C@H](NC(=O)C2CCC(CNC(=O)O)CC2)C(=O)Nc2ccc(-c3nn[nH]n3)cc2)cc1. The van der Waals surface area contributed by atoms with Crippen LogP contribution in [0.4, 0.5) is 21.0 Å². The largest absolute Gasteiger partial charge is 0.465 e. The quantitative estimate of drug-likeness (QED) is 0.0336. The van der Waals surface area contributed by atoms with E-state index in [0.717, 1.165) is 50.7 Å². The van der Waals surface area contributed by atoms with Crippen LogP contribution in [0.2, 0.25) is 0 Å². The minimum Gasteiger partial charge on any atom is -0.465 e. The van der Waals surface area contributed by atoms with Crippen LogP contribution in [0.3, 0.4) is 0 Å². The lowest BCUT2D eigenvalue weighted by Gasteiger charge is -2.36. The van der Waals surface area contributed by atoms with Gasteiger partial charge in [-0.1, -0.05) is 58.4 Å². The van der Waals surface area contributed by atoms with E-state index in [9.17, 15) is 37.2 Å². The molecule has 2 fully saturated rings. The van der Waals surface area contributed by atoms with Gasteiger partial charge in [-0.15, -0.1) is 20.4 Å². The van der Waals surface area contributed by atoms with Crippen molar-refractivity contribution in [1.29, 1.82) is 0 Å². The van der Waals surface area contributed by atoms with Gasteiger partial charge in [0.05, 0.1) is 4.90 Å². The molecule has 2 heterocycles. The molecule has 0 aliphatic heterocycles. The Morgan fingerprint density at radius 3 is 1.74 bits per heavy atom. The molecule has 9 N–H and O–H groups in total. The number of tetrazole rings is 2. The number of carbonyl (C=O) groups excluding carboxylic acids is 5.